The Kier molecular flexibility index (Phi) is 5.27. The first-order valence-electron chi connectivity index (χ1n) is 7.78. The van der Waals surface area contributed by atoms with Crippen molar-refractivity contribution in [1.29, 1.82) is 0 Å². The molecule has 1 saturated carbocycles. The molecule has 0 heterocycles. The lowest BCUT2D eigenvalue weighted by Gasteiger charge is -2.28. The van der Waals surface area contributed by atoms with Crippen LogP contribution in [0.5, 0.6) is 0 Å². The van der Waals surface area contributed by atoms with Crippen LogP contribution in [0.1, 0.15) is 46.0 Å². The summed E-state index contributed by atoms with van der Waals surface area (Å²) in [6, 6.07) is 6.77. The van der Waals surface area contributed by atoms with E-state index in [1.165, 1.54) is 0 Å². The number of anilines is 1. The normalized spacial score (nSPS) is 17.0. The van der Waals surface area contributed by atoms with Crippen molar-refractivity contribution in [2.24, 2.45) is 5.92 Å². The zero-order valence-electron chi connectivity index (χ0n) is 13.0. The highest BCUT2D eigenvalue weighted by Gasteiger charge is 2.33. The molecule has 0 amide bonds. The lowest BCUT2D eigenvalue weighted by molar-refractivity contribution is 0.304. The quantitative estimate of drug-likeness (QED) is 0.820. The Morgan fingerprint density at radius 2 is 1.95 bits per heavy atom. The number of sulfonamides is 1. The van der Waals surface area contributed by atoms with Gasteiger partial charge in [-0.3, -0.25) is 0 Å². The Morgan fingerprint density at radius 1 is 1.29 bits per heavy atom. The number of nitrogen functional groups attached to an aromatic ring is 1. The maximum Gasteiger partial charge on any atom is 0.243 e. The van der Waals surface area contributed by atoms with Crippen molar-refractivity contribution in [3.8, 4) is 0 Å². The molecule has 0 spiro atoms. The van der Waals surface area contributed by atoms with Crippen LogP contribution in [0.15, 0.2) is 29.2 Å². The van der Waals surface area contributed by atoms with Gasteiger partial charge < -0.3 is 5.73 Å². The number of hydrogen-bond donors (Lipinski definition) is 1. The van der Waals surface area contributed by atoms with Gasteiger partial charge in [0, 0.05) is 18.3 Å². The number of nitrogens with zero attached hydrogens (tertiary/aromatic N) is 1. The monoisotopic (exact) mass is 310 g/mol. The Morgan fingerprint density at radius 3 is 2.52 bits per heavy atom. The third-order valence-corrected chi connectivity index (χ3v) is 6.07. The van der Waals surface area contributed by atoms with Crippen molar-refractivity contribution in [1.82, 2.24) is 4.31 Å². The molecule has 1 aliphatic rings. The molecule has 21 heavy (non-hydrogen) atoms. The van der Waals surface area contributed by atoms with Gasteiger partial charge >= 0.3 is 0 Å². The van der Waals surface area contributed by atoms with E-state index in [-0.39, 0.29) is 6.04 Å². The maximum atomic E-state index is 13.0. The minimum Gasteiger partial charge on any atom is -0.399 e. The van der Waals surface area contributed by atoms with Gasteiger partial charge in [-0.25, -0.2) is 8.42 Å². The van der Waals surface area contributed by atoms with Crippen LogP contribution in [0, 0.1) is 5.92 Å². The first-order valence-corrected chi connectivity index (χ1v) is 9.22. The fourth-order valence-corrected chi connectivity index (χ4v) is 4.64. The Balaban J connectivity index is 2.29. The molecule has 2 rings (SSSR count). The van der Waals surface area contributed by atoms with Crippen LogP contribution in [0.2, 0.25) is 0 Å². The molecular formula is C16H26N2O2S. The number of hydrogen-bond acceptors (Lipinski definition) is 3. The molecule has 5 heteroatoms. The first-order chi connectivity index (χ1) is 9.91. The summed E-state index contributed by atoms with van der Waals surface area (Å²) in [4.78, 5) is 0.318. The fraction of sp³-hybridized carbons (Fsp3) is 0.625. The van der Waals surface area contributed by atoms with Crippen LogP contribution in [0.4, 0.5) is 5.69 Å². The van der Waals surface area contributed by atoms with Gasteiger partial charge in [0.1, 0.15) is 0 Å². The van der Waals surface area contributed by atoms with Crippen LogP contribution in [0.3, 0.4) is 0 Å². The summed E-state index contributed by atoms with van der Waals surface area (Å²) in [7, 11) is -3.45. The second-order valence-electron chi connectivity index (χ2n) is 6.31. The van der Waals surface area contributed by atoms with Crippen LogP contribution < -0.4 is 5.73 Å². The molecule has 1 fully saturated rings. The van der Waals surface area contributed by atoms with E-state index < -0.39 is 10.0 Å². The predicted molar refractivity (Wildman–Crippen MR) is 86.5 cm³/mol. The molecule has 4 nitrogen and oxygen atoms in total. The van der Waals surface area contributed by atoms with Crippen molar-refractivity contribution in [2.75, 3.05) is 12.3 Å². The second kappa shape index (κ2) is 6.79. The molecule has 0 saturated heterocycles. The molecule has 0 aromatic heterocycles. The predicted octanol–water partition coefficient (Wildman–Crippen LogP) is 3.25. The SMILES string of the molecule is CC(C)CCN(C1CCCC1)S(=O)(=O)c1cccc(N)c1. The smallest absolute Gasteiger partial charge is 0.243 e. The standard InChI is InChI=1S/C16H26N2O2S/c1-13(2)10-11-18(15-7-3-4-8-15)21(19,20)16-9-5-6-14(17)12-16/h5-6,9,12-13,15H,3-4,7-8,10-11,17H2,1-2H3. The minimum absolute atomic E-state index is 0.148. The van der Waals surface area contributed by atoms with Gasteiger partial charge in [0.05, 0.1) is 4.90 Å². The fourth-order valence-electron chi connectivity index (χ4n) is 2.89. The molecule has 1 aromatic rings. The van der Waals surface area contributed by atoms with Crippen molar-refractivity contribution in [3.63, 3.8) is 0 Å². The highest BCUT2D eigenvalue weighted by Crippen LogP contribution is 2.29. The largest absolute Gasteiger partial charge is 0.399 e. The average molecular weight is 310 g/mol. The molecule has 1 aliphatic carbocycles. The molecule has 1 aromatic carbocycles. The molecule has 0 bridgehead atoms. The lowest BCUT2D eigenvalue weighted by atomic mass is 10.1. The van der Waals surface area contributed by atoms with Crippen molar-refractivity contribution >= 4 is 15.7 Å². The van der Waals surface area contributed by atoms with Crippen LogP contribution in [-0.2, 0) is 10.0 Å². The molecule has 118 valence electrons. The van der Waals surface area contributed by atoms with E-state index in [2.05, 4.69) is 13.8 Å². The highest BCUT2D eigenvalue weighted by molar-refractivity contribution is 7.89. The molecule has 0 unspecified atom stereocenters. The third-order valence-electron chi connectivity index (χ3n) is 4.12. The lowest BCUT2D eigenvalue weighted by Crippen LogP contribution is -2.39. The van der Waals surface area contributed by atoms with Gasteiger partial charge in [0.25, 0.3) is 0 Å². The van der Waals surface area contributed by atoms with Crippen molar-refractivity contribution in [2.45, 2.75) is 56.9 Å². The number of rotatable bonds is 6. The molecule has 0 radical (unpaired) electrons. The Hall–Kier alpha value is -1.07. The summed E-state index contributed by atoms with van der Waals surface area (Å²) in [6.07, 6.45) is 5.07. The van der Waals surface area contributed by atoms with E-state index in [0.717, 1.165) is 32.1 Å². The van der Waals surface area contributed by atoms with Gasteiger partial charge in [0.15, 0.2) is 0 Å². The second-order valence-corrected chi connectivity index (χ2v) is 8.20. The maximum absolute atomic E-state index is 13.0. The van der Waals surface area contributed by atoms with E-state index in [1.54, 1.807) is 28.6 Å². The van der Waals surface area contributed by atoms with Crippen molar-refractivity contribution in [3.05, 3.63) is 24.3 Å². The zero-order valence-corrected chi connectivity index (χ0v) is 13.8. The van der Waals surface area contributed by atoms with Crippen molar-refractivity contribution < 1.29 is 8.42 Å². The van der Waals surface area contributed by atoms with Gasteiger partial charge in [0.2, 0.25) is 10.0 Å². The van der Waals surface area contributed by atoms with E-state index in [9.17, 15) is 8.42 Å². The minimum atomic E-state index is -3.45. The molecular weight excluding hydrogens is 284 g/mol. The zero-order chi connectivity index (χ0) is 15.5. The topological polar surface area (TPSA) is 63.4 Å². The van der Waals surface area contributed by atoms with E-state index in [1.807, 2.05) is 0 Å². The summed E-state index contributed by atoms with van der Waals surface area (Å²) >= 11 is 0. The Bertz CT molecular complexity index is 563. The number of nitrogens with two attached hydrogens (primary N) is 1. The third kappa shape index (κ3) is 3.98. The van der Waals surface area contributed by atoms with Crippen LogP contribution >= 0.6 is 0 Å². The van der Waals surface area contributed by atoms with Gasteiger partial charge in [-0.2, -0.15) is 4.31 Å². The van der Waals surface area contributed by atoms with Gasteiger partial charge in [-0.15, -0.1) is 0 Å². The van der Waals surface area contributed by atoms with Crippen LogP contribution in [-0.4, -0.2) is 25.3 Å². The molecule has 2 N–H and O–H groups in total. The van der Waals surface area contributed by atoms with Crippen LogP contribution in [0.25, 0.3) is 0 Å². The summed E-state index contributed by atoms with van der Waals surface area (Å²) in [5, 5.41) is 0. The summed E-state index contributed by atoms with van der Waals surface area (Å²) in [6.45, 7) is 4.85. The first kappa shape index (κ1) is 16.3. The summed E-state index contributed by atoms with van der Waals surface area (Å²) in [5.41, 5.74) is 6.24. The summed E-state index contributed by atoms with van der Waals surface area (Å²) in [5.74, 6) is 0.491. The molecule has 0 aliphatic heterocycles. The highest BCUT2D eigenvalue weighted by atomic mass is 32.2. The van der Waals surface area contributed by atoms with Gasteiger partial charge in [-0.1, -0.05) is 32.8 Å². The number of benzene rings is 1. The average Bonchev–Trinajstić information content (AvgIpc) is 2.92. The van der Waals surface area contributed by atoms with E-state index >= 15 is 0 Å². The van der Waals surface area contributed by atoms with E-state index in [0.29, 0.717) is 23.0 Å². The van der Waals surface area contributed by atoms with Gasteiger partial charge in [-0.05, 0) is 43.4 Å². The summed E-state index contributed by atoms with van der Waals surface area (Å²) < 4.78 is 27.6. The molecule has 0 atom stereocenters. The Labute approximate surface area is 128 Å². The van der Waals surface area contributed by atoms with E-state index in [4.69, 9.17) is 5.73 Å².